The van der Waals surface area contributed by atoms with Gasteiger partial charge in [-0.05, 0) is 19.1 Å². The van der Waals surface area contributed by atoms with Crippen LogP contribution in [-0.2, 0) is 29.1 Å². The maximum atomic E-state index is 14.5. The summed E-state index contributed by atoms with van der Waals surface area (Å²) in [5, 5.41) is 16.6. The SMILES string of the molecule is C[C@@H]1Cc2nn3c(c2CN1C(=O)Nc1ccc(F)c(C#N)c1F)C(=O)N(C)OC(C(=O)N(C)CC(F)F)C3. The molecule has 0 fully saturated rings. The fraction of sp³-hybridized carbons (Fsp3) is 0.435. The van der Waals surface area contributed by atoms with Crippen LogP contribution >= 0.6 is 0 Å². The molecule has 1 aromatic heterocycles. The van der Waals surface area contributed by atoms with Gasteiger partial charge in [0.1, 0.15) is 23.1 Å². The molecule has 202 valence electrons. The first kappa shape index (κ1) is 26.9. The van der Waals surface area contributed by atoms with Crippen LogP contribution in [0.2, 0.25) is 0 Å². The number of nitrogens with zero attached hydrogens (tertiary/aromatic N) is 6. The highest BCUT2D eigenvalue weighted by Crippen LogP contribution is 2.30. The van der Waals surface area contributed by atoms with E-state index in [1.165, 1.54) is 29.7 Å². The van der Waals surface area contributed by atoms with Gasteiger partial charge in [-0.1, -0.05) is 0 Å². The number of alkyl halides is 2. The van der Waals surface area contributed by atoms with Crippen molar-refractivity contribution in [3.8, 4) is 6.07 Å². The Bertz CT molecular complexity index is 1340. The largest absolute Gasteiger partial charge is 0.338 e. The van der Waals surface area contributed by atoms with E-state index in [-0.39, 0.29) is 25.2 Å². The normalized spacial score (nSPS) is 19.0. The van der Waals surface area contributed by atoms with Crippen LogP contribution in [0.5, 0.6) is 0 Å². The number of hydrogen-bond acceptors (Lipinski definition) is 6. The maximum Gasteiger partial charge on any atom is 0.322 e. The lowest BCUT2D eigenvalue weighted by Gasteiger charge is -2.33. The Labute approximate surface area is 214 Å². The van der Waals surface area contributed by atoms with Crippen LogP contribution in [-0.4, -0.2) is 81.7 Å². The zero-order valence-electron chi connectivity index (χ0n) is 20.5. The van der Waals surface area contributed by atoms with Crippen molar-refractivity contribution in [3.63, 3.8) is 0 Å². The van der Waals surface area contributed by atoms with E-state index in [0.717, 1.165) is 22.1 Å². The molecule has 11 nitrogen and oxygen atoms in total. The third-order valence-corrected chi connectivity index (χ3v) is 6.36. The molecule has 38 heavy (non-hydrogen) atoms. The number of anilines is 1. The highest BCUT2D eigenvalue weighted by atomic mass is 19.3. The van der Waals surface area contributed by atoms with Crippen molar-refractivity contribution in [2.24, 2.45) is 0 Å². The molecule has 3 heterocycles. The summed E-state index contributed by atoms with van der Waals surface area (Å²) in [6, 6.07) is 2.04. The van der Waals surface area contributed by atoms with Gasteiger partial charge in [0, 0.05) is 32.1 Å². The molecular formula is C23H23F4N7O4. The summed E-state index contributed by atoms with van der Waals surface area (Å²) in [4.78, 5) is 46.5. The van der Waals surface area contributed by atoms with Crippen LogP contribution in [0.4, 0.5) is 28.0 Å². The Morgan fingerprint density at radius 1 is 1.34 bits per heavy atom. The van der Waals surface area contributed by atoms with Gasteiger partial charge < -0.3 is 15.1 Å². The summed E-state index contributed by atoms with van der Waals surface area (Å²) < 4.78 is 55.0. The van der Waals surface area contributed by atoms with Gasteiger partial charge in [-0.3, -0.25) is 19.1 Å². The number of nitrogens with one attached hydrogen (secondary N) is 1. The second kappa shape index (κ2) is 10.3. The van der Waals surface area contributed by atoms with Crippen molar-refractivity contribution in [3.05, 3.63) is 46.3 Å². The number of carbonyl (C=O) groups excluding carboxylic acids is 3. The predicted molar refractivity (Wildman–Crippen MR) is 122 cm³/mol. The number of carbonyl (C=O) groups is 3. The van der Waals surface area contributed by atoms with E-state index in [9.17, 15) is 31.9 Å². The summed E-state index contributed by atoms with van der Waals surface area (Å²) in [5.41, 5.74) is -0.301. The third-order valence-electron chi connectivity index (χ3n) is 6.36. The summed E-state index contributed by atoms with van der Waals surface area (Å²) in [7, 11) is 2.46. The number of benzene rings is 1. The molecular weight excluding hydrogens is 514 g/mol. The summed E-state index contributed by atoms with van der Waals surface area (Å²) in [6.45, 7) is 0.542. The Kier molecular flexibility index (Phi) is 7.27. The van der Waals surface area contributed by atoms with Crippen molar-refractivity contribution in [2.75, 3.05) is 26.0 Å². The topological polar surface area (TPSA) is 124 Å². The van der Waals surface area contributed by atoms with E-state index in [1.54, 1.807) is 6.92 Å². The number of likely N-dealkylation sites (N-methyl/N-ethyl adjacent to an activating group) is 1. The highest BCUT2D eigenvalue weighted by Gasteiger charge is 2.40. The minimum absolute atomic E-state index is 0.0544. The predicted octanol–water partition coefficient (Wildman–Crippen LogP) is 2.12. The Hall–Kier alpha value is -4.19. The number of amides is 4. The molecule has 1 unspecified atom stereocenters. The molecule has 2 aromatic rings. The van der Waals surface area contributed by atoms with E-state index in [1.807, 2.05) is 0 Å². The molecule has 0 radical (unpaired) electrons. The molecule has 2 atom stereocenters. The van der Waals surface area contributed by atoms with Gasteiger partial charge in [0.2, 0.25) is 0 Å². The van der Waals surface area contributed by atoms with Gasteiger partial charge in [0.05, 0.1) is 31.0 Å². The first-order valence-corrected chi connectivity index (χ1v) is 11.4. The molecule has 1 aromatic carbocycles. The van der Waals surface area contributed by atoms with Crippen molar-refractivity contribution in [1.29, 1.82) is 5.26 Å². The number of urea groups is 1. The molecule has 4 amide bonds. The Morgan fingerprint density at radius 3 is 2.71 bits per heavy atom. The van der Waals surface area contributed by atoms with Crippen molar-refractivity contribution in [1.82, 2.24) is 24.6 Å². The lowest BCUT2D eigenvalue weighted by molar-refractivity contribution is -0.177. The molecule has 2 aliphatic rings. The van der Waals surface area contributed by atoms with Gasteiger partial charge in [0.15, 0.2) is 11.9 Å². The van der Waals surface area contributed by atoms with E-state index >= 15 is 0 Å². The molecule has 0 saturated heterocycles. The first-order chi connectivity index (χ1) is 17.9. The second-order valence-corrected chi connectivity index (χ2v) is 8.97. The lowest BCUT2D eigenvalue weighted by atomic mass is 9.99. The molecule has 0 aliphatic carbocycles. The molecule has 0 saturated carbocycles. The van der Waals surface area contributed by atoms with Gasteiger partial charge in [-0.2, -0.15) is 10.4 Å². The molecule has 0 bridgehead atoms. The van der Waals surface area contributed by atoms with Crippen LogP contribution < -0.4 is 5.32 Å². The minimum Gasteiger partial charge on any atom is -0.338 e. The van der Waals surface area contributed by atoms with E-state index in [4.69, 9.17) is 10.1 Å². The van der Waals surface area contributed by atoms with Crippen LogP contribution in [0.25, 0.3) is 0 Å². The number of rotatable bonds is 4. The van der Waals surface area contributed by atoms with Crippen LogP contribution in [0.1, 0.15) is 34.2 Å². The quantitative estimate of drug-likeness (QED) is 0.596. The standard InChI is InChI=1S/C23H23F4N7O4/c1-11-6-16-13(8-33(11)23(37)29-15-5-4-14(24)12(7-28)19(15)27)20-22(36)32(3)38-17(9-34(20)30-16)21(35)31(2)10-18(25)26/h4-5,11,17-18H,6,8-10H2,1-3H3,(H,29,37)/t11-,17?/m1/s1. The van der Waals surface area contributed by atoms with Crippen molar-refractivity contribution in [2.45, 2.75) is 45.0 Å². The number of aromatic nitrogens is 2. The van der Waals surface area contributed by atoms with Crippen LogP contribution in [0.3, 0.4) is 0 Å². The summed E-state index contributed by atoms with van der Waals surface area (Å²) in [5.74, 6) is -3.71. The Morgan fingerprint density at radius 2 is 2.05 bits per heavy atom. The van der Waals surface area contributed by atoms with Gasteiger partial charge in [-0.25, -0.2) is 27.4 Å². The lowest BCUT2D eigenvalue weighted by Crippen LogP contribution is -2.45. The van der Waals surface area contributed by atoms with E-state index in [2.05, 4.69) is 10.4 Å². The van der Waals surface area contributed by atoms with E-state index < -0.39 is 65.8 Å². The van der Waals surface area contributed by atoms with Gasteiger partial charge >= 0.3 is 6.03 Å². The number of nitriles is 1. The Balaban J connectivity index is 1.60. The van der Waals surface area contributed by atoms with Gasteiger partial charge in [0.25, 0.3) is 18.2 Å². The second-order valence-electron chi connectivity index (χ2n) is 8.97. The van der Waals surface area contributed by atoms with Crippen molar-refractivity contribution >= 4 is 23.5 Å². The number of hydroxylamine groups is 2. The number of hydrogen-bond donors (Lipinski definition) is 1. The van der Waals surface area contributed by atoms with E-state index in [0.29, 0.717) is 11.3 Å². The van der Waals surface area contributed by atoms with Gasteiger partial charge in [-0.15, -0.1) is 0 Å². The van der Waals surface area contributed by atoms with Crippen molar-refractivity contribution < 1.29 is 36.8 Å². The number of halogens is 4. The summed E-state index contributed by atoms with van der Waals surface area (Å²) >= 11 is 0. The molecule has 15 heteroatoms. The minimum atomic E-state index is -2.75. The summed E-state index contributed by atoms with van der Waals surface area (Å²) in [6.07, 6.45) is -3.85. The molecule has 0 spiro atoms. The first-order valence-electron chi connectivity index (χ1n) is 11.4. The smallest absolute Gasteiger partial charge is 0.322 e. The maximum absolute atomic E-state index is 14.5. The third kappa shape index (κ3) is 4.86. The zero-order valence-corrected chi connectivity index (χ0v) is 20.5. The fourth-order valence-corrected chi connectivity index (χ4v) is 4.42. The highest BCUT2D eigenvalue weighted by molar-refractivity contribution is 5.95. The molecule has 1 N–H and O–H groups in total. The average Bonchev–Trinajstić information content (AvgIpc) is 3.13. The molecule has 4 rings (SSSR count). The monoisotopic (exact) mass is 537 g/mol. The van der Waals surface area contributed by atoms with Crippen LogP contribution in [0, 0.1) is 23.0 Å². The average molecular weight is 537 g/mol. The fourth-order valence-electron chi connectivity index (χ4n) is 4.42. The number of fused-ring (bicyclic) bond motifs is 3. The molecule has 2 aliphatic heterocycles. The van der Waals surface area contributed by atoms with Crippen LogP contribution in [0.15, 0.2) is 12.1 Å². The zero-order chi connectivity index (χ0) is 27.9.